The molecule has 0 spiro atoms. The average Bonchev–Trinajstić information content (AvgIpc) is 2.63. The number of imide groups is 2. The van der Waals surface area contributed by atoms with Crippen LogP contribution in [0.3, 0.4) is 0 Å². The van der Waals surface area contributed by atoms with E-state index >= 15 is 0 Å². The van der Waals surface area contributed by atoms with Crippen LogP contribution in [0.5, 0.6) is 0 Å². The van der Waals surface area contributed by atoms with Crippen molar-refractivity contribution < 1.29 is 19.2 Å². The number of nitrogens with one attached hydrogen (secondary N) is 4. The summed E-state index contributed by atoms with van der Waals surface area (Å²) in [6.45, 7) is 2.36. The quantitative estimate of drug-likeness (QED) is 0.320. The molecule has 10 heteroatoms. The van der Waals surface area contributed by atoms with E-state index in [1.165, 1.54) is 28.0 Å². The lowest BCUT2D eigenvalue weighted by molar-refractivity contribution is -0.120. The van der Waals surface area contributed by atoms with Crippen molar-refractivity contribution in [3.8, 4) is 0 Å². The highest BCUT2D eigenvalue weighted by molar-refractivity contribution is 8.76. The van der Waals surface area contributed by atoms with Crippen molar-refractivity contribution in [3.05, 3.63) is 0 Å². The van der Waals surface area contributed by atoms with Gasteiger partial charge in [-0.05, 0) is 19.3 Å². The van der Waals surface area contributed by atoms with Crippen molar-refractivity contribution in [2.75, 3.05) is 18.1 Å². The van der Waals surface area contributed by atoms with Gasteiger partial charge in [-0.1, -0.05) is 54.2 Å². The van der Waals surface area contributed by atoms with Crippen LogP contribution >= 0.6 is 21.6 Å². The van der Waals surface area contributed by atoms with Gasteiger partial charge in [-0.3, -0.25) is 20.2 Å². The van der Waals surface area contributed by atoms with E-state index in [4.69, 9.17) is 0 Å². The molecule has 6 amide bonds. The molecule has 1 aliphatic carbocycles. The molecule has 0 aromatic rings. The van der Waals surface area contributed by atoms with Crippen molar-refractivity contribution >= 4 is 45.5 Å². The van der Waals surface area contributed by atoms with Crippen LogP contribution in [0.15, 0.2) is 0 Å². The summed E-state index contributed by atoms with van der Waals surface area (Å²) >= 11 is 0. The van der Waals surface area contributed by atoms with Gasteiger partial charge in [-0.25, -0.2) is 9.59 Å². The molecule has 0 saturated heterocycles. The van der Waals surface area contributed by atoms with Gasteiger partial charge >= 0.3 is 12.1 Å². The zero-order valence-corrected chi connectivity index (χ0v) is 17.4. The molecule has 1 aliphatic rings. The Hall–Kier alpha value is -1.42. The van der Waals surface area contributed by atoms with Crippen LogP contribution in [0.1, 0.15) is 58.3 Å². The van der Waals surface area contributed by atoms with E-state index in [1.807, 2.05) is 6.92 Å². The van der Waals surface area contributed by atoms with Gasteiger partial charge in [0.1, 0.15) is 0 Å². The zero-order valence-electron chi connectivity index (χ0n) is 15.8. The monoisotopic (exact) mass is 418 g/mol. The lowest BCUT2D eigenvalue weighted by Gasteiger charge is -2.22. The van der Waals surface area contributed by atoms with Crippen LogP contribution in [-0.2, 0) is 9.59 Å². The molecule has 0 aromatic heterocycles. The molecule has 0 atom stereocenters. The average molecular weight is 419 g/mol. The molecule has 0 aliphatic heterocycles. The summed E-state index contributed by atoms with van der Waals surface area (Å²) < 4.78 is 0. The van der Waals surface area contributed by atoms with Crippen molar-refractivity contribution in [2.45, 2.75) is 64.3 Å². The first-order chi connectivity index (χ1) is 13.0. The topological polar surface area (TPSA) is 116 Å². The van der Waals surface area contributed by atoms with Crippen molar-refractivity contribution in [1.82, 2.24) is 21.3 Å². The minimum atomic E-state index is -0.501. The fraction of sp³-hybridized carbons (Fsp3) is 0.765. The van der Waals surface area contributed by atoms with Crippen molar-refractivity contribution in [1.29, 1.82) is 0 Å². The molecule has 8 nitrogen and oxygen atoms in total. The highest BCUT2D eigenvalue weighted by Gasteiger charge is 2.16. The third-order valence-corrected chi connectivity index (χ3v) is 6.22. The van der Waals surface area contributed by atoms with E-state index in [9.17, 15) is 19.2 Å². The maximum atomic E-state index is 11.7. The van der Waals surface area contributed by atoms with E-state index in [2.05, 4.69) is 21.3 Å². The Morgan fingerprint density at radius 2 is 1.63 bits per heavy atom. The highest BCUT2D eigenvalue weighted by atomic mass is 33.1. The number of urea groups is 2. The number of amides is 6. The largest absolute Gasteiger partial charge is 0.337 e. The Kier molecular flexibility index (Phi) is 12.8. The van der Waals surface area contributed by atoms with E-state index in [1.54, 1.807) is 0 Å². The molecule has 0 heterocycles. The van der Waals surface area contributed by atoms with E-state index < -0.39 is 12.1 Å². The third kappa shape index (κ3) is 12.6. The van der Waals surface area contributed by atoms with Crippen molar-refractivity contribution in [2.24, 2.45) is 0 Å². The summed E-state index contributed by atoms with van der Waals surface area (Å²) in [5.41, 5.74) is 0. The summed E-state index contributed by atoms with van der Waals surface area (Å²) in [5.74, 6) is 0.125. The van der Waals surface area contributed by atoms with Crippen LogP contribution in [-0.4, -0.2) is 48.0 Å². The first kappa shape index (κ1) is 23.6. The Morgan fingerprint density at radius 1 is 0.926 bits per heavy atom. The lowest BCUT2D eigenvalue weighted by Crippen LogP contribution is -2.45. The second-order valence-electron chi connectivity index (χ2n) is 6.35. The summed E-state index contributed by atoms with van der Waals surface area (Å²) in [6, 6.07) is -0.762. The Labute approximate surface area is 168 Å². The molecule has 1 fully saturated rings. The normalized spacial score (nSPS) is 14.3. The van der Waals surface area contributed by atoms with E-state index in [-0.39, 0.29) is 23.6 Å². The van der Waals surface area contributed by atoms with Crippen LogP contribution in [0.4, 0.5) is 9.59 Å². The molecule has 4 N–H and O–H groups in total. The van der Waals surface area contributed by atoms with Gasteiger partial charge in [0.25, 0.3) is 0 Å². The Morgan fingerprint density at radius 3 is 2.33 bits per heavy atom. The lowest BCUT2D eigenvalue weighted by atomic mass is 9.96. The number of carbonyl (C=O) groups excluding carboxylic acids is 4. The number of rotatable bonds is 10. The van der Waals surface area contributed by atoms with Gasteiger partial charge in [0.15, 0.2) is 0 Å². The summed E-state index contributed by atoms with van der Waals surface area (Å²) in [5, 5.41) is 10.0. The first-order valence-electron chi connectivity index (χ1n) is 9.43. The van der Waals surface area contributed by atoms with Crippen LogP contribution in [0.2, 0.25) is 0 Å². The second-order valence-corrected chi connectivity index (χ2v) is 8.93. The predicted octanol–water partition coefficient (Wildman–Crippen LogP) is 2.54. The molecule has 0 bridgehead atoms. The fourth-order valence-corrected chi connectivity index (χ4v) is 4.30. The van der Waals surface area contributed by atoms with E-state index in [0.29, 0.717) is 18.7 Å². The first-order valence-corrected chi connectivity index (χ1v) is 11.9. The predicted molar refractivity (Wildman–Crippen MR) is 110 cm³/mol. The maximum absolute atomic E-state index is 11.7. The van der Waals surface area contributed by atoms with Crippen molar-refractivity contribution in [3.63, 3.8) is 0 Å². The molecule has 1 rings (SSSR count). The second kappa shape index (κ2) is 14.6. The standard InChI is InChI=1S/C17H30N4O4S2/c1-2-3-9-14(22)20-16(24)18-10-11-26-27-12-15(23)21-17(25)19-13-7-5-4-6-8-13/h13H,2-12H2,1H3,(H2,18,20,22,24)(H2,19,21,23,25). The molecule has 154 valence electrons. The maximum Gasteiger partial charge on any atom is 0.321 e. The van der Waals surface area contributed by atoms with Gasteiger partial charge < -0.3 is 10.6 Å². The summed E-state index contributed by atoms with van der Waals surface area (Å²) in [7, 11) is 2.73. The minimum absolute atomic E-state index is 0.157. The van der Waals surface area contributed by atoms with Gasteiger partial charge in [-0.2, -0.15) is 0 Å². The third-order valence-electron chi connectivity index (χ3n) is 3.95. The Bertz CT molecular complexity index is 499. The molecule has 1 saturated carbocycles. The number of hydrogen-bond donors (Lipinski definition) is 4. The minimum Gasteiger partial charge on any atom is -0.337 e. The van der Waals surface area contributed by atoms with Crippen LogP contribution < -0.4 is 21.3 Å². The molecule has 27 heavy (non-hydrogen) atoms. The number of carbonyl (C=O) groups is 4. The molecule has 0 radical (unpaired) electrons. The van der Waals surface area contributed by atoms with Gasteiger partial charge in [0.2, 0.25) is 11.8 Å². The molecular formula is C17H30N4O4S2. The smallest absolute Gasteiger partial charge is 0.321 e. The SMILES string of the molecule is CCCCC(=O)NC(=O)NCCSSCC(=O)NC(=O)NC1CCCCC1. The van der Waals surface area contributed by atoms with E-state index in [0.717, 1.165) is 38.5 Å². The molecule has 0 unspecified atom stereocenters. The summed E-state index contributed by atoms with van der Waals surface area (Å²) in [4.78, 5) is 46.3. The Balaban J connectivity index is 1.99. The van der Waals surface area contributed by atoms with Gasteiger partial charge in [0.05, 0.1) is 5.75 Å². The van der Waals surface area contributed by atoms with Gasteiger partial charge in [-0.15, -0.1) is 0 Å². The molecule has 0 aromatic carbocycles. The fourth-order valence-electron chi connectivity index (χ4n) is 2.56. The molecular weight excluding hydrogens is 388 g/mol. The van der Waals surface area contributed by atoms with Crippen LogP contribution in [0.25, 0.3) is 0 Å². The zero-order chi connectivity index (χ0) is 19.9. The number of hydrogen-bond acceptors (Lipinski definition) is 6. The summed E-state index contributed by atoms with van der Waals surface area (Å²) in [6.07, 6.45) is 7.38. The van der Waals surface area contributed by atoms with Crippen LogP contribution in [0, 0.1) is 0 Å². The van der Waals surface area contributed by atoms with Gasteiger partial charge in [0, 0.05) is 24.8 Å². The highest BCUT2D eigenvalue weighted by Crippen LogP contribution is 2.20. The number of unbranched alkanes of at least 4 members (excludes halogenated alkanes) is 1.